The van der Waals surface area contributed by atoms with Crippen LogP contribution in [-0.2, 0) is 11.3 Å². The molecule has 21 heavy (non-hydrogen) atoms. The molecule has 2 rings (SSSR count). The van der Waals surface area contributed by atoms with E-state index in [1.165, 1.54) is 0 Å². The molecular weight excluding hydrogens is 264 g/mol. The number of benzene rings is 1. The predicted octanol–water partition coefficient (Wildman–Crippen LogP) is 3.28. The molecule has 1 aromatic heterocycles. The fraction of sp³-hybridized carbons (Fsp3) is 0.353. The monoisotopic (exact) mass is 286 g/mol. The highest BCUT2D eigenvalue weighted by molar-refractivity contribution is 5.93. The van der Waals surface area contributed by atoms with Crippen molar-refractivity contribution in [3.63, 3.8) is 0 Å². The zero-order valence-corrected chi connectivity index (χ0v) is 13.1. The highest BCUT2D eigenvalue weighted by Crippen LogP contribution is 2.16. The minimum Gasteiger partial charge on any atom is -0.465 e. The minimum atomic E-state index is -0.0190. The van der Waals surface area contributed by atoms with Crippen LogP contribution in [-0.4, -0.2) is 24.4 Å². The van der Waals surface area contributed by atoms with Gasteiger partial charge in [-0.2, -0.15) is 0 Å². The summed E-state index contributed by atoms with van der Waals surface area (Å²) in [5.41, 5.74) is 3.08. The standard InChI is InChI=1S/C17H22N2O2/c1-12-5-6-13(2)16(9-12)18-17(20)11-19(4)10-15-8-7-14(3)21-15/h5-9H,10-11H2,1-4H3,(H,18,20). The second-order valence-electron chi connectivity index (χ2n) is 5.55. The van der Waals surface area contributed by atoms with Crippen molar-refractivity contribution in [2.45, 2.75) is 27.3 Å². The van der Waals surface area contributed by atoms with Gasteiger partial charge in [0.25, 0.3) is 0 Å². The quantitative estimate of drug-likeness (QED) is 0.917. The maximum atomic E-state index is 12.1. The van der Waals surface area contributed by atoms with Gasteiger partial charge in [0.15, 0.2) is 0 Å². The van der Waals surface area contributed by atoms with Crippen LogP contribution in [0.5, 0.6) is 0 Å². The number of furan rings is 1. The van der Waals surface area contributed by atoms with Crippen LogP contribution >= 0.6 is 0 Å². The molecule has 0 fully saturated rings. The molecule has 0 saturated heterocycles. The third kappa shape index (κ3) is 4.46. The second kappa shape index (κ2) is 6.59. The highest BCUT2D eigenvalue weighted by Gasteiger charge is 2.10. The molecule has 1 N–H and O–H groups in total. The molecule has 0 aliphatic carbocycles. The van der Waals surface area contributed by atoms with Gasteiger partial charge in [0.2, 0.25) is 5.91 Å². The van der Waals surface area contributed by atoms with E-state index in [0.717, 1.165) is 28.3 Å². The van der Waals surface area contributed by atoms with Crippen molar-refractivity contribution in [2.24, 2.45) is 0 Å². The van der Waals surface area contributed by atoms with Crippen LogP contribution in [0.4, 0.5) is 5.69 Å². The smallest absolute Gasteiger partial charge is 0.238 e. The van der Waals surface area contributed by atoms with Crippen molar-refractivity contribution < 1.29 is 9.21 Å². The molecule has 2 aromatic rings. The molecule has 0 aliphatic rings. The van der Waals surface area contributed by atoms with Crippen LogP contribution in [0.25, 0.3) is 0 Å². The number of anilines is 1. The Labute approximate surface area is 125 Å². The first-order valence-corrected chi connectivity index (χ1v) is 7.05. The molecule has 0 bridgehead atoms. The summed E-state index contributed by atoms with van der Waals surface area (Å²) < 4.78 is 5.52. The lowest BCUT2D eigenvalue weighted by Crippen LogP contribution is -2.29. The largest absolute Gasteiger partial charge is 0.465 e. The van der Waals surface area contributed by atoms with E-state index in [4.69, 9.17) is 4.42 Å². The van der Waals surface area contributed by atoms with E-state index in [1.54, 1.807) is 0 Å². The zero-order valence-electron chi connectivity index (χ0n) is 13.1. The van der Waals surface area contributed by atoms with Gasteiger partial charge in [-0.05, 0) is 57.1 Å². The first-order chi connectivity index (χ1) is 9.94. The van der Waals surface area contributed by atoms with E-state index in [1.807, 2.05) is 63.1 Å². The Balaban J connectivity index is 1.90. The number of nitrogens with one attached hydrogen (secondary N) is 1. The van der Waals surface area contributed by atoms with Crippen molar-refractivity contribution in [1.82, 2.24) is 4.90 Å². The molecule has 0 unspecified atom stereocenters. The van der Waals surface area contributed by atoms with Gasteiger partial charge >= 0.3 is 0 Å². The summed E-state index contributed by atoms with van der Waals surface area (Å²) in [6.07, 6.45) is 0. The third-order valence-electron chi connectivity index (χ3n) is 3.30. The number of carbonyl (C=O) groups excluding carboxylic acids is 1. The Morgan fingerprint density at radius 1 is 1.19 bits per heavy atom. The van der Waals surface area contributed by atoms with Crippen molar-refractivity contribution in [3.8, 4) is 0 Å². The summed E-state index contributed by atoms with van der Waals surface area (Å²) in [6.45, 7) is 6.86. The van der Waals surface area contributed by atoms with Gasteiger partial charge in [0.05, 0.1) is 13.1 Å². The van der Waals surface area contributed by atoms with E-state index < -0.39 is 0 Å². The molecular formula is C17H22N2O2. The molecule has 0 atom stereocenters. The fourth-order valence-electron chi connectivity index (χ4n) is 2.20. The first-order valence-electron chi connectivity index (χ1n) is 7.05. The number of amides is 1. The van der Waals surface area contributed by atoms with E-state index >= 15 is 0 Å². The average Bonchev–Trinajstić information content (AvgIpc) is 2.79. The van der Waals surface area contributed by atoms with Gasteiger partial charge in [0, 0.05) is 5.69 Å². The average molecular weight is 286 g/mol. The number of carbonyl (C=O) groups is 1. The zero-order chi connectivity index (χ0) is 15.4. The summed E-state index contributed by atoms with van der Waals surface area (Å²) in [5, 5.41) is 2.96. The predicted molar refractivity (Wildman–Crippen MR) is 84.3 cm³/mol. The lowest BCUT2D eigenvalue weighted by molar-refractivity contribution is -0.117. The lowest BCUT2D eigenvalue weighted by atomic mass is 10.1. The van der Waals surface area contributed by atoms with Crippen LogP contribution in [0.15, 0.2) is 34.7 Å². The Kier molecular flexibility index (Phi) is 4.81. The third-order valence-corrected chi connectivity index (χ3v) is 3.30. The van der Waals surface area contributed by atoms with E-state index in [-0.39, 0.29) is 5.91 Å². The summed E-state index contributed by atoms with van der Waals surface area (Å²) in [7, 11) is 1.90. The maximum absolute atomic E-state index is 12.1. The Morgan fingerprint density at radius 3 is 2.62 bits per heavy atom. The molecule has 0 spiro atoms. The van der Waals surface area contributed by atoms with E-state index in [0.29, 0.717) is 13.1 Å². The Bertz CT molecular complexity index is 631. The molecule has 0 aliphatic heterocycles. The number of hydrogen-bond acceptors (Lipinski definition) is 3. The SMILES string of the molecule is Cc1ccc(C)c(NC(=O)CN(C)Cc2ccc(C)o2)c1. The molecule has 1 amide bonds. The van der Waals surface area contributed by atoms with Crippen LogP contribution < -0.4 is 5.32 Å². The van der Waals surface area contributed by atoms with Gasteiger partial charge in [-0.3, -0.25) is 9.69 Å². The van der Waals surface area contributed by atoms with Crippen LogP contribution in [0.3, 0.4) is 0 Å². The van der Waals surface area contributed by atoms with Crippen molar-refractivity contribution in [1.29, 1.82) is 0 Å². The topological polar surface area (TPSA) is 45.5 Å². The van der Waals surface area contributed by atoms with Crippen LogP contribution in [0.1, 0.15) is 22.6 Å². The summed E-state index contributed by atoms with van der Waals surface area (Å²) in [4.78, 5) is 14.0. The fourth-order valence-corrected chi connectivity index (χ4v) is 2.20. The van der Waals surface area contributed by atoms with Gasteiger partial charge in [-0.25, -0.2) is 0 Å². The number of likely N-dealkylation sites (N-methyl/N-ethyl adjacent to an activating group) is 1. The van der Waals surface area contributed by atoms with E-state index in [9.17, 15) is 4.79 Å². The van der Waals surface area contributed by atoms with Crippen molar-refractivity contribution in [2.75, 3.05) is 18.9 Å². The molecule has 0 saturated carbocycles. The normalized spacial score (nSPS) is 10.9. The van der Waals surface area contributed by atoms with Gasteiger partial charge in [0.1, 0.15) is 11.5 Å². The second-order valence-corrected chi connectivity index (χ2v) is 5.55. The summed E-state index contributed by atoms with van der Waals surface area (Å²) >= 11 is 0. The number of nitrogens with zero attached hydrogens (tertiary/aromatic N) is 1. The van der Waals surface area contributed by atoms with Gasteiger partial charge < -0.3 is 9.73 Å². The maximum Gasteiger partial charge on any atom is 0.238 e. The van der Waals surface area contributed by atoms with Gasteiger partial charge in [-0.1, -0.05) is 12.1 Å². The summed E-state index contributed by atoms with van der Waals surface area (Å²) in [5.74, 6) is 1.74. The number of aryl methyl sites for hydroxylation is 3. The van der Waals surface area contributed by atoms with E-state index in [2.05, 4.69) is 5.32 Å². The number of rotatable bonds is 5. The molecule has 4 heteroatoms. The van der Waals surface area contributed by atoms with Crippen molar-refractivity contribution >= 4 is 11.6 Å². The Hall–Kier alpha value is -2.07. The van der Waals surface area contributed by atoms with Gasteiger partial charge in [-0.15, -0.1) is 0 Å². The van der Waals surface area contributed by atoms with Crippen LogP contribution in [0, 0.1) is 20.8 Å². The number of hydrogen-bond donors (Lipinski definition) is 1. The minimum absolute atomic E-state index is 0.0190. The molecule has 0 radical (unpaired) electrons. The molecule has 4 nitrogen and oxygen atoms in total. The molecule has 1 aromatic carbocycles. The summed E-state index contributed by atoms with van der Waals surface area (Å²) in [6, 6.07) is 9.91. The first kappa shape index (κ1) is 15.3. The molecule has 1 heterocycles. The lowest BCUT2D eigenvalue weighted by Gasteiger charge is -2.16. The highest BCUT2D eigenvalue weighted by atomic mass is 16.3. The Morgan fingerprint density at radius 2 is 1.95 bits per heavy atom. The molecule has 112 valence electrons. The van der Waals surface area contributed by atoms with Crippen molar-refractivity contribution in [3.05, 3.63) is 53.0 Å². The van der Waals surface area contributed by atoms with Crippen LogP contribution in [0.2, 0.25) is 0 Å².